The van der Waals surface area contributed by atoms with Gasteiger partial charge in [0.05, 0.1) is 33.0 Å². The molecule has 3 atom stereocenters. The Morgan fingerprint density at radius 1 is 1.33 bits per heavy atom. The molecular weight excluding hydrogens is 232 g/mol. The van der Waals surface area contributed by atoms with Crippen LogP contribution in [0.4, 0.5) is 0 Å². The third kappa shape index (κ3) is 2.60. The van der Waals surface area contributed by atoms with E-state index in [4.69, 9.17) is 14.2 Å². The van der Waals surface area contributed by atoms with Gasteiger partial charge in [0.25, 0.3) is 0 Å². The Labute approximate surface area is 107 Å². The largest absolute Gasteiger partial charge is 0.497 e. The Kier molecular flexibility index (Phi) is 4.09. The molecule has 0 saturated carbocycles. The molecular formula is C14H20O4. The Balaban J connectivity index is 2.24. The molecule has 0 aromatic heterocycles. The normalized spacial score (nSPS) is 24.9. The zero-order valence-electron chi connectivity index (χ0n) is 11.1. The lowest BCUT2D eigenvalue weighted by atomic mass is 9.93. The van der Waals surface area contributed by atoms with Crippen molar-refractivity contribution in [1.82, 2.24) is 0 Å². The Morgan fingerprint density at radius 3 is 2.67 bits per heavy atom. The van der Waals surface area contributed by atoms with Crippen molar-refractivity contribution in [2.24, 2.45) is 5.92 Å². The lowest BCUT2D eigenvalue weighted by molar-refractivity contribution is 0.0788. The standard InChI is InChI=1S/C14H20O4/c1-9-6-10(8-18-9)14(15)12-7-11(16-2)4-5-13(12)17-3/h4-5,7,9-10,14-15H,6,8H2,1-3H3. The van der Waals surface area contributed by atoms with Crippen LogP contribution in [-0.4, -0.2) is 32.0 Å². The van der Waals surface area contributed by atoms with Gasteiger partial charge in [-0.2, -0.15) is 0 Å². The summed E-state index contributed by atoms with van der Waals surface area (Å²) in [5, 5.41) is 10.5. The number of ether oxygens (including phenoxy) is 3. The molecule has 1 aliphatic heterocycles. The smallest absolute Gasteiger partial charge is 0.124 e. The number of aliphatic hydroxyl groups excluding tert-OH is 1. The van der Waals surface area contributed by atoms with Crippen LogP contribution in [0.15, 0.2) is 18.2 Å². The minimum Gasteiger partial charge on any atom is -0.497 e. The first-order valence-corrected chi connectivity index (χ1v) is 6.17. The molecule has 1 fully saturated rings. The maximum Gasteiger partial charge on any atom is 0.124 e. The van der Waals surface area contributed by atoms with Crippen LogP contribution in [0.3, 0.4) is 0 Å². The first-order chi connectivity index (χ1) is 8.65. The highest BCUT2D eigenvalue weighted by Crippen LogP contribution is 2.37. The van der Waals surface area contributed by atoms with Gasteiger partial charge in [0.2, 0.25) is 0 Å². The van der Waals surface area contributed by atoms with Gasteiger partial charge in [0.1, 0.15) is 11.5 Å². The summed E-state index contributed by atoms with van der Waals surface area (Å²) < 4.78 is 16.0. The zero-order valence-corrected chi connectivity index (χ0v) is 11.1. The maximum absolute atomic E-state index is 10.5. The van der Waals surface area contributed by atoms with Crippen molar-refractivity contribution in [2.45, 2.75) is 25.6 Å². The van der Waals surface area contributed by atoms with Crippen LogP contribution in [-0.2, 0) is 4.74 Å². The van der Waals surface area contributed by atoms with Gasteiger partial charge >= 0.3 is 0 Å². The third-order valence-electron chi connectivity index (χ3n) is 3.43. The molecule has 0 aliphatic carbocycles. The molecule has 2 rings (SSSR count). The molecule has 18 heavy (non-hydrogen) atoms. The van der Waals surface area contributed by atoms with Crippen molar-refractivity contribution in [3.8, 4) is 11.5 Å². The van der Waals surface area contributed by atoms with Gasteiger partial charge in [-0.1, -0.05) is 0 Å². The zero-order chi connectivity index (χ0) is 13.1. The Bertz CT molecular complexity index is 405. The summed E-state index contributed by atoms with van der Waals surface area (Å²) in [5.74, 6) is 1.51. The fourth-order valence-electron chi connectivity index (χ4n) is 2.39. The number of benzene rings is 1. The lowest BCUT2D eigenvalue weighted by Crippen LogP contribution is -2.14. The molecule has 1 aromatic carbocycles. The fraction of sp³-hybridized carbons (Fsp3) is 0.571. The van der Waals surface area contributed by atoms with Gasteiger partial charge in [-0.25, -0.2) is 0 Å². The van der Waals surface area contributed by atoms with Gasteiger partial charge in [-0.3, -0.25) is 0 Å². The van der Waals surface area contributed by atoms with E-state index in [-0.39, 0.29) is 12.0 Å². The quantitative estimate of drug-likeness (QED) is 0.892. The molecule has 0 radical (unpaired) electrons. The molecule has 4 nitrogen and oxygen atoms in total. The van der Waals surface area contributed by atoms with E-state index in [0.717, 1.165) is 17.7 Å². The van der Waals surface area contributed by atoms with E-state index in [1.54, 1.807) is 14.2 Å². The second-order valence-corrected chi connectivity index (χ2v) is 4.69. The van der Waals surface area contributed by atoms with E-state index < -0.39 is 6.10 Å². The number of hydrogen-bond donors (Lipinski definition) is 1. The van der Waals surface area contributed by atoms with Crippen LogP contribution in [0.2, 0.25) is 0 Å². The molecule has 1 saturated heterocycles. The second kappa shape index (κ2) is 5.59. The van der Waals surface area contributed by atoms with E-state index in [1.165, 1.54) is 0 Å². The van der Waals surface area contributed by atoms with Crippen molar-refractivity contribution >= 4 is 0 Å². The topological polar surface area (TPSA) is 47.9 Å². The average Bonchev–Trinajstić information content (AvgIpc) is 2.83. The first-order valence-electron chi connectivity index (χ1n) is 6.17. The fourth-order valence-corrected chi connectivity index (χ4v) is 2.39. The van der Waals surface area contributed by atoms with Crippen molar-refractivity contribution < 1.29 is 19.3 Å². The van der Waals surface area contributed by atoms with Crippen LogP contribution in [0.1, 0.15) is 25.0 Å². The molecule has 100 valence electrons. The van der Waals surface area contributed by atoms with Crippen LogP contribution >= 0.6 is 0 Å². The Hall–Kier alpha value is -1.26. The molecule has 3 unspecified atom stereocenters. The monoisotopic (exact) mass is 252 g/mol. The number of rotatable bonds is 4. The molecule has 1 heterocycles. The molecule has 0 amide bonds. The van der Waals surface area contributed by atoms with Gasteiger partial charge in [0.15, 0.2) is 0 Å². The minimum atomic E-state index is -0.583. The SMILES string of the molecule is COc1ccc(OC)c(C(O)C2COC(C)C2)c1. The maximum atomic E-state index is 10.5. The summed E-state index contributed by atoms with van der Waals surface area (Å²) in [4.78, 5) is 0. The summed E-state index contributed by atoms with van der Waals surface area (Å²) in [7, 11) is 3.21. The van der Waals surface area contributed by atoms with E-state index >= 15 is 0 Å². The summed E-state index contributed by atoms with van der Waals surface area (Å²) >= 11 is 0. The summed E-state index contributed by atoms with van der Waals surface area (Å²) in [5.41, 5.74) is 0.763. The number of methoxy groups -OCH3 is 2. The second-order valence-electron chi connectivity index (χ2n) is 4.69. The highest BCUT2D eigenvalue weighted by atomic mass is 16.5. The van der Waals surface area contributed by atoms with E-state index in [0.29, 0.717) is 12.4 Å². The molecule has 4 heteroatoms. The summed E-state index contributed by atoms with van der Waals surface area (Å²) in [6.07, 6.45) is 0.489. The van der Waals surface area contributed by atoms with E-state index in [9.17, 15) is 5.11 Å². The van der Waals surface area contributed by atoms with Gasteiger partial charge in [0, 0.05) is 11.5 Å². The Morgan fingerprint density at radius 2 is 2.11 bits per heavy atom. The van der Waals surface area contributed by atoms with Crippen LogP contribution < -0.4 is 9.47 Å². The molecule has 1 N–H and O–H groups in total. The molecule has 0 spiro atoms. The minimum absolute atomic E-state index is 0.112. The van der Waals surface area contributed by atoms with Crippen LogP contribution in [0.25, 0.3) is 0 Å². The lowest BCUT2D eigenvalue weighted by Gasteiger charge is -2.20. The van der Waals surface area contributed by atoms with Crippen molar-refractivity contribution in [3.63, 3.8) is 0 Å². The predicted molar refractivity (Wildman–Crippen MR) is 68.0 cm³/mol. The van der Waals surface area contributed by atoms with Gasteiger partial charge < -0.3 is 19.3 Å². The highest BCUT2D eigenvalue weighted by Gasteiger charge is 2.31. The van der Waals surface area contributed by atoms with E-state index in [1.807, 2.05) is 25.1 Å². The molecule has 1 aromatic rings. The van der Waals surface area contributed by atoms with Gasteiger partial charge in [-0.15, -0.1) is 0 Å². The van der Waals surface area contributed by atoms with Crippen LogP contribution in [0, 0.1) is 5.92 Å². The summed E-state index contributed by atoms with van der Waals surface area (Å²) in [6.45, 7) is 2.61. The first kappa shape index (κ1) is 13.2. The predicted octanol–water partition coefficient (Wildman–Crippen LogP) is 2.16. The molecule has 1 aliphatic rings. The number of aliphatic hydroxyl groups is 1. The summed E-state index contributed by atoms with van der Waals surface area (Å²) in [6, 6.07) is 5.46. The average molecular weight is 252 g/mol. The van der Waals surface area contributed by atoms with E-state index in [2.05, 4.69) is 0 Å². The van der Waals surface area contributed by atoms with Crippen molar-refractivity contribution in [1.29, 1.82) is 0 Å². The third-order valence-corrected chi connectivity index (χ3v) is 3.43. The van der Waals surface area contributed by atoms with Crippen molar-refractivity contribution in [3.05, 3.63) is 23.8 Å². The number of hydrogen-bond acceptors (Lipinski definition) is 4. The molecule has 0 bridgehead atoms. The van der Waals surface area contributed by atoms with Gasteiger partial charge in [-0.05, 0) is 31.5 Å². The van der Waals surface area contributed by atoms with Crippen LogP contribution in [0.5, 0.6) is 11.5 Å². The highest BCUT2D eigenvalue weighted by molar-refractivity contribution is 5.42. The van der Waals surface area contributed by atoms with Crippen molar-refractivity contribution in [2.75, 3.05) is 20.8 Å².